The van der Waals surface area contributed by atoms with Gasteiger partial charge in [0.25, 0.3) is 5.91 Å². The molecule has 5 nitrogen and oxygen atoms in total. The summed E-state index contributed by atoms with van der Waals surface area (Å²) in [5, 5.41) is 9.45. The van der Waals surface area contributed by atoms with E-state index in [1.807, 2.05) is 6.07 Å². The number of ether oxygens (including phenoxy) is 2. The number of amides is 1. The Morgan fingerprint density at radius 1 is 1.04 bits per heavy atom. The highest BCUT2D eigenvalue weighted by molar-refractivity contribution is 5.92. The van der Waals surface area contributed by atoms with Crippen molar-refractivity contribution in [1.29, 1.82) is 0 Å². The predicted molar refractivity (Wildman–Crippen MR) is 92.4 cm³/mol. The van der Waals surface area contributed by atoms with Gasteiger partial charge in [-0.2, -0.15) is 0 Å². The molecule has 2 aromatic rings. The zero-order chi connectivity index (χ0) is 17.2. The maximum Gasteiger partial charge on any atom is 0.292 e. The van der Waals surface area contributed by atoms with Crippen molar-refractivity contribution in [1.82, 2.24) is 4.90 Å². The highest BCUT2D eigenvalue weighted by Crippen LogP contribution is 2.36. The summed E-state index contributed by atoms with van der Waals surface area (Å²) in [6.07, 6.45) is 3.19. The lowest BCUT2D eigenvalue weighted by Crippen LogP contribution is -2.40. The molecule has 0 aliphatic carbocycles. The third-order valence-corrected chi connectivity index (χ3v) is 4.70. The summed E-state index contributed by atoms with van der Waals surface area (Å²) in [5.74, 6) is 1.43. The highest BCUT2D eigenvalue weighted by Gasteiger charge is 2.29. The van der Waals surface area contributed by atoms with Crippen molar-refractivity contribution in [3.63, 3.8) is 0 Å². The van der Waals surface area contributed by atoms with Crippen LogP contribution < -0.4 is 9.47 Å². The maximum absolute atomic E-state index is 12.7. The number of hydrogen-bond acceptors (Lipinski definition) is 4. The Kier molecular flexibility index (Phi) is 4.06. The van der Waals surface area contributed by atoms with E-state index >= 15 is 0 Å². The minimum Gasteiger partial charge on any atom is -0.508 e. The smallest absolute Gasteiger partial charge is 0.292 e. The van der Waals surface area contributed by atoms with Crippen LogP contribution in [0.5, 0.6) is 17.2 Å². The van der Waals surface area contributed by atoms with Crippen LogP contribution in [0.3, 0.4) is 0 Å². The summed E-state index contributed by atoms with van der Waals surface area (Å²) in [6.45, 7) is 1.39. The van der Waals surface area contributed by atoms with E-state index in [0.29, 0.717) is 30.5 Å². The second kappa shape index (κ2) is 6.51. The molecule has 2 aliphatic rings. The normalized spacial score (nSPS) is 17.1. The molecule has 0 spiro atoms. The fraction of sp³-hybridized carbons (Fsp3) is 0.250. The Balaban J connectivity index is 1.40. The molecule has 0 unspecified atom stereocenters. The van der Waals surface area contributed by atoms with Crippen molar-refractivity contribution in [3.8, 4) is 17.2 Å². The largest absolute Gasteiger partial charge is 0.508 e. The first-order valence-corrected chi connectivity index (χ1v) is 8.42. The Hall–Kier alpha value is -2.95. The number of fused-ring (bicyclic) bond motifs is 1. The molecule has 0 bridgehead atoms. The fourth-order valence-corrected chi connectivity index (χ4v) is 3.32. The summed E-state index contributed by atoms with van der Waals surface area (Å²) in [7, 11) is 0. The van der Waals surface area contributed by atoms with Gasteiger partial charge in [-0.15, -0.1) is 0 Å². The molecule has 0 atom stereocenters. The van der Waals surface area contributed by atoms with Gasteiger partial charge >= 0.3 is 0 Å². The minimum atomic E-state index is -0.162. The second-order valence-corrected chi connectivity index (χ2v) is 6.31. The molecule has 1 amide bonds. The van der Waals surface area contributed by atoms with Gasteiger partial charge in [0, 0.05) is 19.2 Å². The number of hydrogen-bond donors (Lipinski definition) is 1. The topological polar surface area (TPSA) is 59.0 Å². The van der Waals surface area contributed by atoms with Gasteiger partial charge in [0.2, 0.25) is 5.76 Å². The number of carbonyl (C=O) groups excluding carboxylic acids is 1. The van der Waals surface area contributed by atoms with Gasteiger partial charge in [-0.1, -0.05) is 30.3 Å². The zero-order valence-electron chi connectivity index (χ0n) is 13.7. The van der Waals surface area contributed by atoms with Gasteiger partial charge in [0.1, 0.15) is 12.0 Å². The Labute approximate surface area is 146 Å². The lowest BCUT2D eigenvalue weighted by Gasteiger charge is -2.33. The van der Waals surface area contributed by atoms with Gasteiger partial charge in [-0.3, -0.25) is 4.79 Å². The first-order valence-electron chi connectivity index (χ1n) is 8.42. The molecule has 1 saturated heterocycles. The molecule has 25 heavy (non-hydrogen) atoms. The molecular formula is C20H19NO4. The molecule has 2 aromatic carbocycles. The highest BCUT2D eigenvalue weighted by atomic mass is 16.6. The molecular weight excluding hydrogens is 318 g/mol. The van der Waals surface area contributed by atoms with Gasteiger partial charge < -0.3 is 19.5 Å². The number of phenols is 1. The molecule has 1 fully saturated rings. The van der Waals surface area contributed by atoms with Crippen LogP contribution >= 0.6 is 0 Å². The number of rotatable bonds is 2. The van der Waals surface area contributed by atoms with Crippen LogP contribution in [-0.2, 0) is 4.79 Å². The van der Waals surface area contributed by atoms with Crippen molar-refractivity contribution in [2.45, 2.75) is 18.8 Å². The molecule has 0 aromatic heterocycles. The number of phenolic OH excluding ortho intramolecular Hbond substituents is 1. The Bertz CT molecular complexity index is 808. The van der Waals surface area contributed by atoms with Crippen LogP contribution in [0.4, 0.5) is 0 Å². The molecule has 4 rings (SSSR count). The SMILES string of the molecule is O=C(C1=COc2cc(O)ccc2O1)N1CCC(c2ccccc2)CC1. The molecule has 2 aliphatic heterocycles. The van der Waals surface area contributed by atoms with E-state index in [1.54, 1.807) is 11.0 Å². The molecule has 2 heterocycles. The second-order valence-electron chi connectivity index (χ2n) is 6.31. The predicted octanol–water partition coefficient (Wildman–Crippen LogP) is 3.41. The van der Waals surface area contributed by atoms with Crippen molar-refractivity contribution >= 4 is 5.91 Å². The first kappa shape index (κ1) is 15.6. The number of benzene rings is 2. The summed E-state index contributed by atoms with van der Waals surface area (Å²) >= 11 is 0. The van der Waals surface area contributed by atoms with E-state index in [1.165, 1.54) is 24.0 Å². The summed E-state index contributed by atoms with van der Waals surface area (Å²) in [6, 6.07) is 15.0. The van der Waals surface area contributed by atoms with Crippen LogP contribution in [0.15, 0.2) is 60.6 Å². The van der Waals surface area contributed by atoms with Gasteiger partial charge in [-0.05, 0) is 36.5 Å². The van der Waals surface area contributed by atoms with Gasteiger partial charge in [0.05, 0.1) is 0 Å². The van der Waals surface area contributed by atoms with E-state index in [0.717, 1.165) is 12.8 Å². The summed E-state index contributed by atoms with van der Waals surface area (Å²) < 4.78 is 11.1. The monoisotopic (exact) mass is 337 g/mol. The van der Waals surface area contributed by atoms with Gasteiger partial charge in [0.15, 0.2) is 11.5 Å². The average Bonchev–Trinajstić information content (AvgIpc) is 2.68. The number of piperidine rings is 1. The van der Waals surface area contributed by atoms with E-state index in [4.69, 9.17) is 9.47 Å². The van der Waals surface area contributed by atoms with Crippen LogP contribution in [-0.4, -0.2) is 29.0 Å². The lowest BCUT2D eigenvalue weighted by molar-refractivity contribution is -0.130. The van der Waals surface area contributed by atoms with E-state index in [-0.39, 0.29) is 17.4 Å². The molecule has 0 saturated carbocycles. The number of carbonyl (C=O) groups is 1. The Morgan fingerprint density at radius 3 is 2.56 bits per heavy atom. The van der Waals surface area contributed by atoms with E-state index in [9.17, 15) is 9.90 Å². The van der Waals surface area contributed by atoms with Crippen LogP contribution in [0.1, 0.15) is 24.3 Å². The molecule has 0 radical (unpaired) electrons. The quantitative estimate of drug-likeness (QED) is 0.912. The standard InChI is InChI=1S/C20H19NO4/c22-16-6-7-17-18(12-16)24-13-19(25-17)20(23)21-10-8-15(9-11-21)14-4-2-1-3-5-14/h1-7,12-13,15,22H,8-11H2. The van der Waals surface area contributed by atoms with Crippen molar-refractivity contribution < 1.29 is 19.4 Å². The van der Waals surface area contributed by atoms with Crippen LogP contribution in [0.2, 0.25) is 0 Å². The third kappa shape index (κ3) is 3.18. The maximum atomic E-state index is 12.7. The van der Waals surface area contributed by atoms with Crippen LogP contribution in [0, 0.1) is 0 Å². The van der Waals surface area contributed by atoms with E-state index < -0.39 is 0 Å². The van der Waals surface area contributed by atoms with E-state index in [2.05, 4.69) is 24.3 Å². The molecule has 1 N–H and O–H groups in total. The summed E-state index contributed by atoms with van der Waals surface area (Å²) in [4.78, 5) is 14.5. The molecule has 128 valence electrons. The minimum absolute atomic E-state index is 0.0912. The van der Waals surface area contributed by atoms with Crippen molar-refractivity contribution in [2.24, 2.45) is 0 Å². The Morgan fingerprint density at radius 2 is 1.80 bits per heavy atom. The first-order chi connectivity index (χ1) is 12.2. The zero-order valence-corrected chi connectivity index (χ0v) is 13.7. The molecule has 5 heteroatoms. The number of aromatic hydroxyl groups is 1. The lowest BCUT2D eigenvalue weighted by atomic mass is 9.89. The van der Waals surface area contributed by atoms with Gasteiger partial charge in [-0.25, -0.2) is 0 Å². The fourth-order valence-electron chi connectivity index (χ4n) is 3.32. The van der Waals surface area contributed by atoms with Crippen LogP contribution in [0.25, 0.3) is 0 Å². The van der Waals surface area contributed by atoms with Crippen molar-refractivity contribution in [3.05, 3.63) is 66.1 Å². The summed E-state index contributed by atoms with van der Waals surface area (Å²) in [5.41, 5.74) is 1.33. The van der Waals surface area contributed by atoms with Crippen molar-refractivity contribution in [2.75, 3.05) is 13.1 Å². The number of likely N-dealkylation sites (tertiary alicyclic amines) is 1. The number of nitrogens with zero attached hydrogens (tertiary/aromatic N) is 1. The average molecular weight is 337 g/mol. The third-order valence-electron chi connectivity index (χ3n) is 4.70.